The number of rotatable bonds is 7. The van der Waals surface area contributed by atoms with E-state index >= 15 is 0 Å². The number of hydrogen-bond donors (Lipinski definition) is 2. The summed E-state index contributed by atoms with van der Waals surface area (Å²) in [6.45, 7) is 1.90. The lowest BCUT2D eigenvalue weighted by Gasteiger charge is -2.06. The van der Waals surface area contributed by atoms with Gasteiger partial charge in [-0.05, 0) is 14.0 Å². The van der Waals surface area contributed by atoms with Crippen molar-refractivity contribution in [1.29, 1.82) is 0 Å². The Hall–Kier alpha value is -0.710. The third-order valence-corrected chi connectivity index (χ3v) is 5.72. The number of thiazole rings is 1. The fourth-order valence-electron chi connectivity index (χ4n) is 1.12. The lowest BCUT2D eigenvalue weighted by Crippen LogP contribution is -2.22. The van der Waals surface area contributed by atoms with Gasteiger partial charge in [0.1, 0.15) is 9.84 Å². The van der Waals surface area contributed by atoms with Crippen molar-refractivity contribution in [1.82, 2.24) is 10.3 Å². The van der Waals surface area contributed by atoms with Gasteiger partial charge in [-0.3, -0.25) is 4.72 Å². The lowest BCUT2D eigenvalue weighted by molar-refractivity contribution is 0.593. The summed E-state index contributed by atoms with van der Waals surface area (Å²) in [5.41, 5.74) is 0.730. The molecule has 0 amide bonds. The molecule has 0 aliphatic rings. The molecular weight excluding hydrogens is 310 g/mol. The summed E-state index contributed by atoms with van der Waals surface area (Å²) in [4.78, 5) is 4.13. The largest absolute Gasteiger partial charge is 0.312 e. The van der Waals surface area contributed by atoms with Gasteiger partial charge in [0.2, 0.25) is 10.0 Å². The Balaban J connectivity index is 2.71. The van der Waals surface area contributed by atoms with Crippen molar-refractivity contribution < 1.29 is 16.8 Å². The fourth-order valence-corrected chi connectivity index (χ4v) is 4.85. The normalized spacial score (nSPS) is 14.3. The highest BCUT2D eigenvalue weighted by Crippen LogP contribution is 2.21. The Kier molecular flexibility index (Phi) is 5.30. The van der Waals surface area contributed by atoms with Gasteiger partial charge in [-0.1, -0.05) is 0 Å². The smallest absolute Gasteiger partial charge is 0.235 e. The van der Waals surface area contributed by atoms with Crippen LogP contribution >= 0.6 is 11.3 Å². The maximum Gasteiger partial charge on any atom is 0.235 e. The average Bonchev–Trinajstić information content (AvgIpc) is 2.72. The predicted molar refractivity (Wildman–Crippen MR) is 76.7 cm³/mol. The Morgan fingerprint density at radius 1 is 1.32 bits per heavy atom. The minimum Gasteiger partial charge on any atom is -0.312 e. The van der Waals surface area contributed by atoms with Crippen molar-refractivity contribution in [3.63, 3.8) is 0 Å². The fraction of sp³-hybridized carbons (Fsp3) is 0.667. The summed E-state index contributed by atoms with van der Waals surface area (Å²) in [5.74, 6) is -0.879. The zero-order chi connectivity index (χ0) is 14.7. The van der Waals surface area contributed by atoms with Crippen LogP contribution in [0, 0.1) is 0 Å². The van der Waals surface area contributed by atoms with Crippen molar-refractivity contribution in [2.24, 2.45) is 0 Å². The van der Waals surface area contributed by atoms with Gasteiger partial charge in [0.25, 0.3) is 0 Å². The van der Waals surface area contributed by atoms with Gasteiger partial charge in [0.05, 0.1) is 17.2 Å². The van der Waals surface area contributed by atoms with E-state index in [1.165, 1.54) is 0 Å². The second-order valence-electron chi connectivity index (χ2n) is 4.14. The molecule has 0 radical (unpaired) electrons. The maximum absolute atomic E-state index is 11.7. The molecule has 1 rings (SSSR count). The van der Waals surface area contributed by atoms with Gasteiger partial charge >= 0.3 is 0 Å². The van der Waals surface area contributed by atoms with Crippen LogP contribution in [0.2, 0.25) is 0 Å². The Labute approximate surface area is 117 Å². The molecule has 10 heteroatoms. The van der Waals surface area contributed by atoms with Crippen molar-refractivity contribution in [2.45, 2.75) is 13.0 Å². The van der Waals surface area contributed by atoms with Gasteiger partial charge in [-0.25, -0.2) is 21.8 Å². The molecular formula is C9H17N3O4S3. The van der Waals surface area contributed by atoms with Crippen molar-refractivity contribution in [2.75, 3.05) is 29.5 Å². The van der Waals surface area contributed by atoms with Crippen LogP contribution in [0.3, 0.4) is 0 Å². The molecule has 0 fully saturated rings. The first-order valence-electron chi connectivity index (χ1n) is 5.44. The zero-order valence-corrected chi connectivity index (χ0v) is 13.3. The highest BCUT2D eigenvalue weighted by Gasteiger charge is 2.17. The third-order valence-electron chi connectivity index (χ3n) is 2.36. The molecule has 0 saturated heterocycles. The minimum atomic E-state index is -3.69. The zero-order valence-electron chi connectivity index (χ0n) is 10.9. The van der Waals surface area contributed by atoms with E-state index in [-0.39, 0.29) is 11.2 Å². The first-order chi connectivity index (χ1) is 8.63. The Morgan fingerprint density at radius 2 is 1.95 bits per heavy atom. The van der Waals surface area contributed by atoms with Crippen LogP contribution in [0.25, 0.3) is 0 Å². The number of aromatic nitrogens is 1. The molecule has 0 bridgehead atoms. The molecule has 0 aliphatic heterocycles. The van der Waals surface area contributed by atoms with Gasteiger partial charge < -0.3 is 5.32 Å². The summed E-state index contributed by atoms with van der Waals surface area (Å²) in [6.07, 6.45) is 0.999. The standard InChI is InChI=1S/C9H17N3O4S3/c1-7(10-2)8-6-17-9(11-8)12-19(15,16)5-4-18(3,13)14/h6-7,10H,4-5H2,1-3H3,(H,11,12). The van der Waals surface area contributed by atoms with E-state index < -0.39 is 31.4 Å². The van der Waals surface area contributed by atoms with Crippen LogP contribution in [0.5, 0.6) is 0 Å². The van der Waals surface area contributed by atoms with Crippen molar-refractivity contribution in [3.8, 4) is 0 Å². The topological polar surface area (TPSA) is 105 Å². The molecule has 19 heavy (non-hydrogen) atoms. The quantitative estimate of drug-likeness (QED) is 0.742. The first-order valence-corrected chi connectivity index (χ1v) is 10.0. The predicted octanol–water partition coefficient (Wildman–Crippen LogP) is 0.210. The number of sulfone groups is 1. The van der Waals surface area contributed by atoms with Crippen LogP contribution in [0.1, 0.15) is 18.7 Å². The van der Waals surface area contributed by atoms with Gasteiger partial charge in [0.15, 0.2) is 5.13 Å². The van der Waals surface area contributed by atoms with E-state index in [1.807, 2.05) is 6.92 Å². The van der Waals surface area contributed by atoms with E-state index in [0.717, 1.165) is 23.3 Å². The first kappa shape index (κ1) is 16.3. The molecule has 1 heterocycles. The molecule has 0 saturated carbocycles. The SMILES string of the molecule is CNC(C)c1csc(NS(=O)(=O)CCS(C)(=O)=O)n1. The minimum absolute atomic E-state index is 0.0190. The monoisotopic (exact) mass is 327 g/mol. The van der Waals surface area contributed by atoms with Crippen LogP contribution < -0.4 is 10.0 Å². The molecule has 0 aliphatic carbocycles. The number of hydrogen-bond acceptors (Lipinski definition) is 7. The Bertz CT molecular complexity index is 621. The molecule has 2 N–H and O–H groups in total. The Morgan fingerprint density at radius 3 is 2.47 bits per heavy atom. The molecule has 1 unspecified atom stereocenters. The number of nitrogens with one attached hydrogen (secondary N) is 2. The summed E-state index contributed by atoms with van der Waals surface area (Å²) in [5, 5.41) is 4.98. The molecule has 0 spiro atoms. The molecule has 0 aromatic carbocycles. The van der Waals surface area contributed by atoms with Gasteiger partial charge in [-0.2, -0.15) is 0 Å². The molecule has 110 valence electrons. The number of sulfonamides is 1. The van der Waals surface area contributed by atoms with Crippen LogP contribution in [0.4, 0.5) is 5.13 Å². The van der Waals surface area contributed by atoms with Gasteiger partial charge in [-0.15, -0.1) is 11.3 Å². The van der Waals surface area contributed by atoms with E-state index in [9.17, 15) is 16.8 Å². The van der Waals surface area contributed by atoms with E-state index in [1.54, 1.807) is 12.4 Å². The summed E-state index contributed by atoms with van der Waals surface area (Å²) >= 11 is 1.16. The van der Waals surface area contributed by atoms with E-state index in [2.05, 4.69) is 15.0 Å². The molecule has 7 nitrogen and oxygen atoms in total. The molecule has 1 aromatic heterocycles. The summed E-state index contributed by atoms with van der Waals surface area (Å²) in [6, 6.07) is 0.0190. The second kappa shape index (κ2) is 6.16. The van der Waals surface area contributed by atoms with Crippen molar-refractivity contribution in [3.05, 3.63) is 11.1 Å². The van der Waals surface area contributed by atoms with Crippen LogP contribution in [-0.2, 0) is 19.9 Å². The van der Waals surface area contributed by atoms with Crippen LogP contribution in [-0.4, -0.2) is 46.6 Å². The highest BCUT2D eigenvalue weighted by molar-refractivity contribution is 7.95. The summed E-state index contributed by atoms with van der Waals surface area (Å²) < 4.78 is 47.5. The van der Waals surface area contributed by atoms with Crippen molar-refractivity contribution >= 4 is 36.3 Å². The summed E-state index contributed by atoms with van der Waals surface area (Å²) in [7, 11) is -5.22. The second-order valence-corrected chi connectivity index (χ2v) is 9.10. The van der Waals surface area contributed by atoms with Crippen LogP contribution in [0.15, 0.2) is 5.38 Å². The average molecular weight is 327 g/mol. The maximum atomic E-state index is 11.7. The highest BCUT2D eigenvalue weighted by atomic mass is 32.2. The molecule has 1 aromatic rings. The third kappa shape index (κ3) is 5.85. The van der Waals surface area contributed by atoms with Gasteiger partial charge in [0, 0.05) is 17.7 Å². The number of nitrogens with zero attached hydrogens (tertiary/aromatic N) is 1. The van der Waals surface area contributed by atoms with E-state index in [0.29, 0.717) is 0 Å². The van der Waals surface area contributed by atoms with E-state index in [4.69, 9.17) is 0 Å². The molecule has 1 atom stereocenters. The number of anilines is 1. The lowest BCUT2D eigenvalue weighted by atomic mass is 10.3.